The molecule has 0 spiro atoms. The monoisotopic (exact) mass is 312 g/mol. The Morgan fingerprint density at radius 2 is 1.21 bits per heavy atom. The number of hydrogen-bond donors (Lipinski definition) is 0. The molecule has 0 fully saturated rings. The lowest BCUT2D eigenvalue weighted by molar-refractivity contribution is -0.143. The van der Waals surface area contributed by atoms with Gasteiger partial charge in [0.2, 0.25) is 20.6 Å². The molecule has 10 heteroatoms. The van der Waals surface area contributed by atoms with E-state index in [9.17, 15) is 26.4 Å². The van der Waals surface area contributed by atoms with Crippen molar-refractivity contribution in [1.82, 2.24) is 0 Å². The van der Waals surface area contributed by atoms with E-state index in [1.54, 1.807) is 13.8 Å². The molecule has 0 amide bonds. The molecule has 19 heavy (non-hydrogen) atoms. The molecule has 0 atom stereocenters. The van der Waals surface area contributed by atoms with Crippen LogP contribution in [0.3, 0.4) is 0 Å². The number of carbonyl (C=O) groups excluding carboxylic acids is 2. The summed E-state index contributed by atoms with van der Waals surface area (Å²) in [4.78, 5) is 21.8. The summed E-state index contributed by atoms with van der Waals surface area (Å²) in [5, 5.41) is 0.715. The second kappa shape index (κ2) is 7.69. The summed E-state index contributed by atoms with van der Waals surface area (Å²) in [5.74, 6) is -2.08. The molecule has 0 aliphatic rings. The second-order valence-corrected chi connectivity index (χ2v) is 5.65. The fourth-order valence-electron chi connectivity index (χ4n) is 0.800. The van der Waals surface area contributed by atoms with Crippen molar-refractivity contribution < 1.29 is 35.9 Å². The molecule has 0 rings (SSSR count). The number of carbonyl (C=O) groups is 2. The summed E-state index contributed by atoms with van der Waals surface area (Å²) in [7, 11) is -5.30. The van der Waals surface area contributed by atoms with Gasteiger partial charge in [0.05, 0.1) is 13.2 Å². The molecule has 0 aromatic rings. The maximum atomic E-state index is 10.9. The van der Waals surface area contributed by atoms with Crippen molar-refractivity contribution in [1.29, 1.82) is 0 Å². The van der Waals surface area contributed by atoms with Gasteiger partial charge in [-0.1, -0.05) is 13.8 Å². The van der Waals surface area contributed by atoms with Crippen LogP contribution in [0.15, 0.2) is 0 Å². The SMILES string of the molecule is CC(C)(COC(=O)C=S(=O)=O)COC(=O)C=S(=O)=O. The van der Waals surface area contributed by atoms with Crippen molar-refractivity contribution >= 4 is 43.3 Å². The summed E-state index contributed by atoms with van der Waals surface area (Å²) in [6.07, 6.45) is 0. The smallest absolute Gasteiger partial charge is 0.346 e. The van der Waals surface area contributed by atoms with Gasteiger partial charge in [0.25, 0.3) is 0 Å². The molecule has 0 radical (unpaired) electrons. The Hall–Kier alpha value is -1.68. The average Bonchev–Trinajstić information content (AvgIpc) is 2.22. The van der Waals surface area contributed by atoms with E-state index < -0.39 is 37.9 Å². The predicted molar refractivity (Wildman–Crippen MR) is 65.7 cm³/mol. The highest BCUT2D eigenvalue weighted by molar-refractivity contribution is 7.73. The summed E-state index contributed by atoms with van der Waals surface area (Å²) < 4.78 is 49.9. The van der Waals surface area contributed by atoms with Gasteiger partial charge in [-0.25, -0.2) is 9.59 Å². The molecule has 0 heterocycles. The molecule has 0 bridgehead atoms. The predicted octanol–water partition coefficient (Wildman–Crippen LogP) is -1.54. The summed E-state index contributed by atoms with van der Waals surface area (Å²) in [6, 6.07) is 0. The Bertz CT molecular complexity index is 539. The van der Waals surface area contributed by atoms with Crippen LogP contribution in [0.25, 0.3) is 0 Å². The Morgan fingerprint density at radius 3 is 1.47 bits per heavy atom. The van der Waals surface area contributed by atoms with E-state index in [4.69, 9.17) is 0 Å². The van der Waals surface area contributed by atoms with Crippen LogP contribution in [0, 0.1) is 5.41 Å². The molecule has 0 saturated heterocycles. The maximum Gasteiger partial charge on any atom is 0.346 e. The van der Waals surface area contributed by atoms with E-state index in [1.807, 2.05) is 0 Å². The Morgan fingerprint density at radius 1 is 0.895 bits per heavy atom. The van der Waals surface area contributed by atoms with Crippen LogP contribution in [-0.2, 0) is 39.6 Å². The number of hydrogen-bond acceptors (Lipinski definition) is 8. The van der Waals surface area contributed by atoms with Crippen molar-refractivity contribution in [3.05, 3.63) is 0 Å². The lowest BCUT2D eigenvalue weighted by Crippen LogP contribution is -2.29. The van der Waals surface area contributed by atoms with Gasteiger partial charge in [0, 0.05) is 5.41 Å². The van der Waals surface area contributed by atoms with Crippen molar-refractivity contribution in [2.45, 2.75) is 13.8 Å². The number of esters is 2. The van der Waals surface area contributed by atoms with Gasteiger partial charge in [-0.15, -0.1) is 0 Å². The third-order valence-electron chi connectivity index (χ3n) is 1.60. The van der Waals surface area contributed by atoms with Crippen molar-refractivity contribution in [3.63, 3.8) is 0 Å². The summed E-state index contributed by atoms with van der Waals surface area (Å²) in [5.41, 5.74) is -0.790. The Balaban J connectivity index is 4.34. The first-order chi connectivity index (χ1) is 8.62. The molecule has 0 N–H and O–H groups in total. The topological polar surface area (TPSA) is 121 Å². The minimum Gasteiger partial charge on any atom is -0.461 e. The third-order valence-corrected chi connectivity index (χ3v) is 2.37. The van der Waals surface area contributed by atoms with Crippen molar-refractivity contribution in [2.24, 2.45) is 5.41 Å². The molecule has 0 aliphatic heterocycles. The Kier molecular flexibility index (Phi) is 7.01. The third kappa shape index (κ3) is 9.97. The van der Waals surface area contributed by atoms with Gasteiger partial charge in [0.15, 0.2) is 0 Å². The zero-order valence-corrected chi connectivity index (χ0v) is 11.8. The van der Waals surface area contributed by atoms with Gasteiger partial charge < -0.3 is 9.47 Å². The minimum absolute atomic E-state index is 0.201. The van der Waals surface area contributed by atoms with Crippen LogP contribution in [0.1, 0.15) is 13.8 Å². The number of rotatable bonds is 6. The van der Waals surface area contributed by atoms with Gasteiger partial charge in [-0.05, 0) is 0 Å². The van der Waals surface area contributed by atoms with Gasteiger partial charge in [-0.3, -0.25) is 0 Å². The van der Waals surface area contributed by atoms with Crippen LogP contribution in [0.4, 0.5) is 0 Å². The highest BCUT2D eigenvalue weighted by Crippen LogP contribution is 2.15. The molecule has 0 aromatic carbocycles. The summed E-state index contributed by atoms with van der Waals surface area (Å²) in [6.45, 7) is 2.76. The molecule has 108 valence electrons. The van der Waals surface area contributed by atoms with Crippen LogP contribution in [0.2, 0.25) is 0 Å². The van der Waals surface area contributed by atoms with Gasteiger partial charge in [0.1, 0.15) is 10.7 Å². The van der Waals surface area contributed by atoms with Gasteiger partial charge >= 0.3 is 11.9 Å². The Labute approximate surface area is 112 Å². The molecule has 0 aromatic heterocycles. The van der Waals surface area contributed by atoms with Crippen molar-refractivity contribution in [2.75, 3.05) is 13.2 Å². The summed E-state index contributed by atoms with van der Waals surface area (Å²) >= 11 is 0. The molecular formula is C9H12O8S2. The maximum absolute atomic E-state index is 10.9. The first-order valence-corrected chi connectivity index (χ1v) is 7.09. The quantitative estimate of drug-likeness (QED) is 0.427. The highest BCUT2D eigenvalue weighted by Gasteiger charge is 2.22. The van der Waals surface area contributed by atoms with E-state index in [1.165, 1.54) is 0 Å². The van der Waals surface area contributed by atoms with E-state index in [-0.39, 0.29) is 13.2 Å². The molecule has 0 unspecified atom stereocenters. The first-order valence-electron chi connectivity index (χ1n) is 4.82. The van der Waals surface area contributed by atoms with E-state index >= 15 is 0 Å². The lowest BCUT2D eigenvalue weighted by atomic mass is 9.96. The molecular weight excluding hydrogens is 300 g/mol. The standard InChI is InChI=1S/C9H12O8S2/c1-9(2,5-16-7(10)3-18(12)13)6-17-8(11)4-19(14)15/h3-4H,5-6H2,1-2H3. The van der Waals surface area contributed by atoms with Gasteiger partial charge in [-0.2, -0.15) is 16.8 Å². The largest absolute Gasteiger partial charge is 0.461 e. The highest BCUT2D eigenvalue weighted by atomic mass is 32.2. The van der Waals surface area contributed by atoms with Crippen molar-refractivity contribution in [3.8, 4) is 0 Å². The molecule has 0 aliphatic carbocycles. The van der Waals surface area contributed by atoms with E-state index in [0.29, 0.717) is 10.7 Å². The lowest BCUT2D eigenvalue weighted by Gasteiger charge is -2.22. The average molecular weight is 312 g/mol. The van der Waals surface area contributed by atoms with Crippen LogP contribution >= 0.6 is 0 Å². The van der Waals surface area contributed by atoms with Crippen LogP contribution in [-0.4, -0.2) is 52.7 Å². The number of ether oxygens (including phenoxy) is 2. The van der Waals surface area contributed by atoms with Crippen LogP contribution in [0.5, 0.6) is 0 Å². The molecule has 0 saturated carbocycles. The fourth-order valence-corrected chi connectivity index (χ4v) is 1.25. The van der Waals surface area contributed by atoms with Crippen LogP contribution < -0.4 is 0 Å². The van der Waals surface area contributed by atoms with E-state index in [2.05, 4.69) is 9.47 Å². The zero-order valence-electron chi connectivity index (χ0n) is 10.2. The first kappa shape index (κ1) is 17.3. The second-order valence-electron chi connectivity index (χ2n) is 4.14. The fraction of sp³-hybridized carbons (Fsp3) is 0.556. The van der Waals surface area contributed by atoms with E-state index in [0.717, 1.165) is 0 Å². The minimum atomic E-state index is -2.65. The normalized spacial score (nSPS) is 10.2. The zero-order chi connectivity index (χ0) is 15.1. The molecule has 8 nitrogen and oxygen atoms in total.